The molecule has 0 unspecified atom stereocenters. The predicted octanol–water partition coefficient (Wildman–Crippen LogP) is 1.13. The quantitative estimate of drug-likeness (QED) is 0.732. The number of esters is 1. The molecule has 0 N–H and O–H groups in total. The van der Waals surface area contributed by atoms with Gasteiger partial charge in [-0.3, -0.25) is 9.59 Å². The largest absolute Gasteiger partial charge is 0.465 e. The summed E-state index contributed by atoms with van der Waals surface area (Å²) in [5, 5.41) is 0. The van der Waals surface area contributed by atoms with Crippen molar-refractivity contribution in [1.29, 1.82) is 0 Å². The second-order valence-electron chi connectivity index (χ2n) is 6.83. The molecule has 0 spiro atoms. The fraction of sp³-hybridized carbons (Fsp3) is 0.875. The third kappa shape index (κ3) is 3.23. The maximum atomic E-state index is 12.6. The first-order valence-corrected chi connectivity index (χ1v) is 8.33. The highest BCUT2D eigenvalue weighted by Gasteiger charge is 2.41. The molecule has 0 aromatic rings. The Kier molecular flexibility index (Phi) is 4.48. The predicted molar refractivity (Wildman–Crippen MR) is 78.6 cm³/mol. The molecule has 3 aliphatic rings. The maximum Gasteiger partial charge on any atom is 0.309 e. The Morgan fingerprint density at radius 3 is 2.67 bits per heavy atom. The molecular weight excluding hydrogens is 268 g/mol. The van der Waals surface area contributed by atoms with Crippen LogP contribution in [-0.2, 0) is 14.3 Å². The molecule has 0 aliphatic carbocycles. The van der Waals surface area contributed by atoms with Crippen molar-refractivity contribution in [1.82, 2.24) is 9.80 Å². The maximum absolute atomic E-state index is 12.6. The highest BCUT2D eigenvalue weighted by molar-refractivity contribution is 5.87. The normalized spacial score (nSPS) is 34.2. The number of hydrogen-bond donors (Lipinski definition) is 0. The summed E-state index contributed by atoms with van der Waals surface area (Å²) in [7, 11) is 0. The highest BCUT2D eigenvalue weighted by Crippen LogP contribution is 2.27. The monoisotopic (exact) mass is 294 g/mol. The summed E-state index contributed by atoms with van der Waals surface area (Å²) in [6.45, 7) is 7.33. The minimum atomic E-state index is -0.281. The molecule has 0 aromatic heterocycles. The van der Waals surface area contributed by atoms with Crippen LogP contribution in [0.15, 0.2) is 0 Å². The van der Waals surface area contributed by atoms with E-state index in [9.17, 15) is 9.59 Å². The van der Waals surface area contributed by atoms with Crippen molar-refractivity contribution < 1.29 is 14.3 Å². The van der Waals surface area contributed by atoms with Crippen molar-refractivity contribution in [3.05, 3.63) is 0 Å². The van der Waals surface area contributed by atoms with Gasteiger partial charge in [0.25, 0.3) is 0 Å². The van der Waals surface area contributed by atoms with E-state index >= 15 is 0 Å². The van der Waals surface area contributed by atoms with E-state index in [1.807, 2.05) is 11.8 Å². The van der Waals surface area contributed by atoms with Gasteiger partial charge in [-0.2, -0.15) is 0 Å². The molecule has 3 rings (SSSR count). The zero-order chi connectivity index (χ0) is 14.8. The van der Waals surface area contributed by atoms with Crippen LogP contribution in [0.4, 0.5) is 0 Å². The Morgan fingerprint density at radius 1 is 1.24 bits per heavy atom. The average Bonchev–Trinajstić information content (AvgIpc) is 3.10. The molecular formula is C16H26N2O3. The van der Waals surface area contributed by atoms with Gasteiger partial charge in [0.05, 0.1) is 11.8 Å². The Bertz CT molecular complexity index is 406. The fourth-order valence-electron chi connectivity index (χ4n) is 3.88. The summed E-state index contributed by atoms with van der Waals surface area (Å²) < 4.78 is 5.03. The lowest BCUT2D eigenvalue weighted by atomic mass is 9.92. The van der Waals surface area contributed by atoms with Crippen molar-refractivity contribution >= 4 is 11.9 Å². The minimum absolute atomic E-state index is 0.125. The van der Waals surface area contributed by atoms with Gasteiger partial charge >= 0.3 is 5.97 Å². The minimum Gasteiger partial charge on any atom is -0.465 e. The smallest absolute Gasteiger partial charge is 0.309 e. The topological polar surface area (TPSA) is 49.9 Å². The van der Waals surface area contributed by atoms with Gasteiger partial charge in [-0.25, -0.2) is 0 Å². The molecule has 5 nitrogen and oxygen atoms in total. The van der Waals surface area contributed by atoms with Crippen molar-refractivity contribution in [2.75, 3.05) is 39.3 Å². The van der Waals surface area contributed by atoms with Crippen molar-refractivity contribution in [2.24, 2.45) is 17.8 Å². The van der Waals surface area contributed by atoms with Crippen molar-refractivity contribution in [3.63, 3.8) is 0 Å². The first kappa shape index (κ1) is 14.8. The number of cyclic esters (lactones) is 1. The van der Waals surface area contributed by atoms with E-state index in [2.05, 4.69) is 4.90 Å². The Labute approximate surface area is 126 Å². The van der Waals surface area contributed by atoms with Crippen LogP contribution in [0, 0.1) is 17.8 Å². The third-order valence-electron chi connectivity index (χ3n) is 5.24. The number of likely N-dealkylation sites (tertiary alicyclic amines) is 2. The zero-order valence-corrected chi connectivity index (χ0v) is 12.9. The second kappa shape index (κ2) is 6.34. The molecule has 0 bridgehead atoms. The number of ether oxygens (including phenoxy) is 1. The van der Waals surface area contributed by atoms with E-state index in [1.54, 1.807) is 0 Å². The zero-order valence-electron chi connectivity index (χ0n) is 12.9. The van der Waals surface area contributed by atoms with E-state index in [1.165, 1.54) is 32.4 Å². The van der Waals surface area contributed by atoms with Crippen LogP contribution in [0.2, 0.25) is 0 Å². The van der Waals surface area contributed by atoms with Gasteiger partial charge in [0.2, 0.25) is 5.91 Å². The lowest BCUT2D eigenvalue weighted by Gasteiger charge is -2.36. The molecule has 0 aromatic carbocycles. The van der Waals surface area contributed by atoms with Gasteiger partial charge in [-0.05, 0) is 44.7 Å². The van der Waals surface area contributed by atoms with Gasteiger partial charge in [-0.1, -0.05) is 6.92 Å². The number of rotatable bonds is 3. The standard InChI is InChI=1S/C16H26N2O3/c1-12-14(11-21-16(12)20)15(19)18-8-4-5-13(10-18)9-17-6-2-3-7-17/h12-14H,2-11H2,1H3/t12-,13-,14+/m0/s1. The molecule has 118 valence electrons. The summed E-state index contributed by atoms with van der Waals surface area (Å²) in [5.74, 6) is -0.0490. The molecule has 3 atom stereocenters. The van der Waals surface area contributed by atoms with Gasteiger partial charge in [0.15, 0.2) is 0 Å². The number of nitrogens with zero attached hydrogens (tertiary/aromatic N) is 2. The first-order valence-electron chi connectivity index (χ1n) is 8.33. The Morgan fingerprint density at radius 2 is 2.00 bits per heavy atom. The fourth-order valence-corrected chi connectivity index (χ4v) is 3.88. The molecule has 3 heterocycles. The molecule has 3 aliphatic heterocycles. The molecule has 0 radical (unpaired) electrons. The average molecular weight is 294 g/mol. The van der Waals surface area contributed by atoms with E-state index < -0.39 is 0 Å². The highest BCUT2D eigenvalue weighted by atomic mass is 16.5. The van der Waals surface area contributed by atoms with Gasteiger partial charge in [-0.15, -0.1) is 0 Å². The second-order valence-corrected chi connectivity index (χ2v) is 6.83. The number of amides is 1. The molecule has 5 heteroatoms. The van der Waals surface area contributed by atoms with Crippen LogP contribution >= 0.6 is 0 Å². The number of carbonyl (C=O) groups excluding carboxylic acids is 2. The van der Waals surface area contributed by atoms with E-state index in [0.717, 1.165) is 26.1 Å². The SMILES string of the molecule is C[C@@H]1C(=O)OC[C@H]1C(=O)N1CCC[C@@H](CN2CCCC2)C1. The summed E-state index contributed by atoms with van der Waals surface area (Å²) >= 11 is 0. The van der Waals surface area contributed by atoms with E-state index in [-0.39, 0.29) is 30.3 Å². The molecule has 1 amide bonds. The number of carbonyl (C=O) groups is 2. The summed E-state index contributed by atoms with van der Waals surface area (Å²) in [5.41, 5.74) is 0. The van der Waals surface area contributed by atoms with Gasteiger partial charge < -0.3 is 14.5 Å². The summed E-state index contributed by atoms with van der Waals surface area (Å²) in [6.07, 6.45) is 4.93. The van der Waals surface area contributed by atoms with Crippen LogP contribution in [0.25, 0.3) is 0 Å². The van der Waals surface area contributed by atoms with Crippen molar-refractivity contribution in [2.45, 2.75) is 32.6 Å². The molecule has 3 saturated heterocycles. The van der Waals surface area contributed by atoms with Gasteiger partial charge in [0, 0.05) is 19.6 Å². The number of hydrogen-bond acceptors (Lipinski definition) is 4. The molecule has 21 heavy (non-hydrogen) atoms. The van der Waals surface area contributed by atoms with Crippen LogP contribution < -0.4 is 0 Å². The van der Waals surface area contributed by atoms with Gasteiger partial charge in [0.1, 0.15) is 6.61 Å². The van der Waals surface area contributed by atoms with Crippen molar-refractivity contribution in [3.8, 4) is 0 Å². The summed E-state index contributed by atoms with van der Waals surface area (Å²) in [4.78, 5) is 28.6. The van der Waals surface area contributed by atoms with E-state index in [4.69, 9.17) is 4.74 Å². The van der Waals surface area contributed by atoms with Crippen LogP contribution in [0.1, 0.15) is 32.6 Å². The van der Waals surface area contributed by atoms with Crippen LogP contribution in [-0.4, -0.2) is 61.0 Å². The Balaban J connectivity index is 1.55. The van der Waals surface area contributed by atoms with Crippen LogP contribution in [0.3, 0.4) is 0 Å². The number of piperidine rings is 1. The van der Waals surface area contributed by atoms with E-state index in [0.29, 0.717) is 5.92 Å². The molecule has 3 fully saturated rings. The Hall–Kier alpha value is -1.10. The van der Waals surface area contributed by atoms with Crippen LogP contribution in [0.5, 0.6) is 0 Å². The molecule has 0 saturated carbocycles. The summed E-state index contributed by atoms with van der Waals surface area (Å²) in [6, 6.07) is 0. The lowest BCUT2D eigenvalue weighted by Crippen LogP contribution is -2.46. The third-order valence-corrected chi connectivity index (χ3v) is 5.24. The first-order chi connectivity index (χ1) is 10.1. The lowest BCUT2D eigenvalue weighted by molar-refractivity contribution is -0.142.